The van der Waals surface area contributed by atoms with Crippen molar-refractivity contribution in [2.45, 2.75) is 19.8 Å². The van der Waals surface area contributed by atoms with Crippen LogP contribution in [0.3, 0.4) is 0 Å². The Balaban J connectivity index is 2.40. The van der Waals surface area contributed by atoms with Gasteiger partial charge in [0, 0.05) is 5.69 Å². The minimum atomic E-state index is -0.130. The van der Waals surface area contributed by atoms with Crippen LogP contribution >= 0.6 is 22.6 Å². The van der Waals surface area contributed by atoms with E-state index in [2.05, 4.69) is 35.2 Å². The molecule has 2 aromatic rings. The van der Waals surface area contributed by atoms with Crippen molar-refractivity contribution in [3.63, 3.8) is 0 Å². The second kappa shape index (κ2) is 5.51. The number of rotatable bonds is 3. The number of aromatic nitrogens is 2. The molecule has 0 radical (unpaired) electrons. The fourth-order valence-corrected chi connectivity index (χ4v) is 2.14. The van der Waals surface area contributed by atoms with Gasteiger partial charge in [0.25, 0.3) is 5.56 Å². The highest BCUT2D eigenvalue weighted by molar-refractivity contribution is 14.1. The monoisotopic (exact) mass is 355 g/mol. The molecule has 4 nitrogen and oxygen atoms in total. The SMILES string of the molecule is CC(C)c1ccccc1Nc1nc[nH]c(=O)c1I. The summed E-state index contributed by atoms with van der Waals surface area (Å²) >= 11 is 1.99. The molecule has 2 rings (SSSR count). The lowest BCUT2D eigenvalue weighted by atomic mass is 10.0. The summed E-state index contributed by atoms with van der Waals surface area (Å²) in [5.41, 5.74) is 2.06. The summed E-state index contributed by atoms with van der Waals surface area (Å²) in [7, 11) is 0. The Morgan fingerprint density at radius 3 is 2.78 bits per heavy atom. The summed E-state index contributed by atoms with van der Waals surface area (Å²) in [5.74, 6) is 1.00. The molecule has 94 valence electrons. The second-order valence-corrected chi connectivity index (χ2v) is 5.34. The van der Waals surface area contributed by atoms with E-state index in [1.807, 2.05) is 40.8 Å². The molecule has 0 fully saturated rings. The molecule has 0 aliphatic rings. The first-order chi connectivity index (χ1) is 8.59. The van der Waals surface area contributed by atoms with Gasteiger partial charge < -0.3 is 10.3 Å². The number of H-pyrrole nitrogens is 1. The van der Waals surface area contributed by atoms with Gasteiger partial charge >= 0.3 is 0 Å². The quantitative estimate of drug-likeness (QED) is 0.832. The number of benzene rings is 1. The first-order valence-corrected chi connectivity index (χ1v) is 6.76. The molecule has 0 aliphatic heterocycles. The molecule has 0 amide bonds. The molecule has 0 saturated carbocycles. The lowest BCUT2D eigenvalue weighted by molar-refractivity contribution is 0.868. The maximum atomic E-state index is 11.5. The Morgan fingerprint density at radius 1 is 1.33 bits per heavy atom. The Labute approximate surface area is 119 Å². The molecule has 0 spiro atoms. The van der Waals surface area contributed by atoms with Gasteiger partial charge in [0.05, 0.1) is 6.33 Å². The van der Waals surface area contributed by atoms with E-state index in [4.69, 9.17) is 0 Å². The Morgan fingerprint density at radius 2 is 2.06 bits per heavy atom. The van der Waals surface area contributed by atoms with E-state index in [9.17, 15) is 4.79 Å². The van der Waals surface area contributed by atoms with Crippen molar-refractivity contribution in [2.24, 2.45) is 0 Å². The van der Waals surface area contributed by atoms with Crippen molar-refractivity contribution in [3.8, 4) is 0 Å². The highest BCUT2D eigenvalue weighted by Gasteiger charge is 2.09. The Hall–Kier alpha value is -1.37. The van der Waals surface area contributed by atoms with E-state index >= 15 is 0 Å². The molecule has 1 aromatic carbocycles. The summed E-state index contributed by atoms with van der Waals surface area (Å²) < 4.78 is 0.564. The van der Waals surface area contributed by atoms with Gasteiger partial charge in [0.1, 0.15) is 3.57 Å². The molecule has 18 heavy (non-hydrogen) atoms. The van der Waals surface area contributed by atoms with Gasteiger partial charge in [-0.05, 0) is 40.1 Å². The summed E-state index contributed by atoms with van der Waals surface area (Å²) in [6, 6.07) is 8.05. The maximum Gasteiger partial charge on any atom is 0.266 e. The topological polar surface area (TPSA) is 57.8 Å². The summed E-state index contributed by atoms with van der Waals surface area (Å²) in [6.45, 7) is 4.27. The third-order valence-corrected chi connectivity index (χ3v) is 3.63. The van der Waals surface area contributed by atoms with Gasteiger partial charge in [-0.25, -0.2) is 4.98 Å². The lowest BCUT2D eigenvalue weighted by Gasteiger charge is -2.14. The van der Waals surface area contributed by atoms with Crippen molar-refractivity contribution in [3.05, 3.63) is 50.1 Å². The average molecular weight is 355 g/mol. The fraction of sp³-hybridized carbons (Fsp3) is 0.231. The van der Waals surface area contributed by atoms with Crippen LogP contribution in [0.2, 0.25) is 0 Å². The standard InChI is InChI=1S/C13H14IN3O/c1-8(2)9-5-3-4-6-10(9)17-12-11(14)13(18)16-7-15-12/h3-8H,1-2H3,(H2,15,16,17,18). The zero-order valence-electron chi connectivity index (χ0n) is 10.2. The predicted molar refractivity (Wildman–Crippen MR) is 81.4 cm³/mol. The van der Waals surface area contributed by atoms with Gasteiger partial charge in [-0.1, -0.05) is 32.0 Å². The van der Waals surface area contributed by atoms with E-state index in [0.717, 1.165) is 5.69 Å². The minimum absolute atomic E-state index is 0.130. The van der Waals surface area contributed by atoms with Crippen LogP contribution in [-0.4, -0.2) is 9.97 Å². The fourth-order valence-electron chi connectivity index (χ4n) is 1.71. The molecule has 1 aromatic heterocycles. The van der Waals surface area contributed by atoms with Crippen LogP contribution in [0.5, 0.6) is 0 Å². The van der Waals surface area contributed by atoms with Crippen LogP contribution in [0, 0.1) is 3.57 Å². The maximum absolute atomic E-state index is 11.5. The molecule has 2 N–H and O–H groups in total. The van der Waals surface area contributed by atoms with Crippen LogP contribution in [-0.2, 0) is 0 Å². The van der Waals surface area contributed by atoms with E-state index < -0.39 is 0 Å². The van der Waals surface area contributed by atoms with Gasteiger partial charge in [-0.15, -0.1) is 0 Å². The molecule has 1 heterocycles. The number of hydrogen-bond donors (Lipinski definition) is 2. The lowest BCUT2D eigenvalue weighted by Crippen LogP contribution is -2.13. The molecule has 0 bridgehead atoms. The van der Waals surface area contributed by atoms with Crippen LogP contribution in [0.25, 0.3) is 0 Å². The molecular formula is C13H14IN3O. The van der Waals surface area contributed by atoms with E-state index in [1.54, 1.807) is 0 Å². The Bertz CT molecular complexity index is 607. The molecular weight excluding hydrogens is 341 g/mol. The third kappa shape index (κ3) is 2.72. The van der Waals surface area contributed by atoms with Crippen molar-refractivity contribution in [2.75, 3.05) is 5.32 Å². The molecule has 0 unspecified atom stereocenters. The van der Waals surface area contributed by atoms with E-state index in [0.29, 0.717) is 15.3 Å². The van der Waals surface area contributed by atoms with Crippen LogP contribution in [0.1, 0.15) is 25.3 Å². The number of para-hydroxylation sites is 1. The minimum Gasteiger partial charge on any atom is -0.339 e. The zero-order valence-corrected chi connectivity index (χ0v) is 12.4. The van der Waals surface area contributed by atoms with E-state index in [-0.39, 0.29) is 5.56 Å². The number of nitrogens with one attached hydrogen (secondary N) is 2. The summed E-state index contributed by atoms with van der Waals surface area (Å²) in [6.07, 6.45) is 1.41. The molecule has 0 aliphatic carbocycles. The first kappa shape index (κ1) is 13.1. The van der Waals surface area contributed by atoms with Crippen molar-refractivity contribution < 1.29 is 0 Å². The second-order valence-electron chi connectivity index (χ2n) is 4.26. The smallest absolute Gasteiger partial charge is 0.266 e. The molecule has 0 atom stereocenters. The summed E-state index contributed by atoms with van der Waals surface area (Å²) in [5, 5.41) is 3.22. The highest BCUT2D eigenvalue weighted by atomic mass is 127. The van der Waals surface area contributed by atoms with Crippen molar-refractivity contribution >= 4 is 34.1 Å². The van der Waals surface area contributed by atoms with Crippen LogP contribution in [0.4, 0.5) is 11.5 Å². The third-order valence-electron chi connectivity index (χ3n) is 2.63. The van der Waals surface area contributed by atoms with Crippen molar-refractivity contribution in [1.29, 1.82) is 0 Å². The van der Waals surface area contributed by atoms with Gasteiger partial charge in [0.15, 0.2) is 5.82 Å². The van der Waals surface area contributed by atoms with Gasteiger partial charge in [-0.2, -0.15) is 0 Å². The van der Waals surface area contributed by atoms with Gasteiger partial charge in [0.2, 0.25) is 0 Å². The van der Waals surface area contributed by atoms with Crippen molar-refractivity contribution in [1.82, 2.24) is 9.97 Å². The number of hydrogen-bond acceptors (Lipinski definition) is 3. The number of halogens is 1. The van der Waals surface area contributed by atoms with E-state index in [1.165, 1.54) is 11.9 Å². The molecule has 0 saturated heterocycles. The average Bonchev–Trinajstić information content (AvgIpc) is 2.35. The largest absolute Gasteiger partial charge is 0.339 e. The predicted octanol–water partition coefficient (Wildman–Crippen LogP) is 3.24. The number of anilines is 2. The molecule has 5 heteroatoms. The Kier molecular flexibility index (Phi) is 4.00. The van der Waals surface area contributed by atoms with Gasteiger partial charge in [-0.3, -0.25) is 4.79 Å². The normalized spacial score (nSPS) is 10.7. The van der Waals surface area contributed by atoms with Crippen LogP contribution in [0.15, 0.2) is 35.4 Å². The highest BCUT2D eigenvalue weighted by Crippen LogP contribution is 2.26. The number of nitrogens with zero attached hydrogens (tertiary/aromatic N) is 1. The summed E-state index contributed by atoms with van der Waals surface area (Å²) in [4.78, 5) is 18.2. The zero-order chi connectivity index (χ0) is 13.1. The number of aromatic amines is 1. The van der Waals surface area contributed by atoms with Crippen LogP contribution < -0.4 is 10.9 Å². The first-order valence-electron chi connectivity index (χ1n) is 5.68.